The second-order valence-electron chi connectivity index (χ2n) is 4.04. The zero-order chi connectivity index (χ0) is 13.5. The number of hydrogen-bond donors (Lipinski definition) is 4. The Morgan fingerprint density at radius 3 is 2.00 bits per heavy atom. The van der Waals surface area contributed by atoms with Crippen LogP contribution in [-0.2, 0) is 10.2 Å². The molecule has 0 unspecified atom stereocenters. The topological polar surface area (TPSA) is 110 Å². The summed E-state index contributed by atoms with van der Waals surface area (Å²) in [6, 6.07) is 0. The van der Waals surface area contributed by atoms with E-state index in [-0.39, 0.29) is 0 Å². The van der Waals surface area contributed by atoms with E-state index in [0.29, 0.717) is 13.0 Å². The van der Waals surface area contributed by atoms with E-state index < -0.39 is 35.6 Å². The minimum atomic E-state index is -3.82. The van der Waals surface area contributed by atoms with Gasteiger partial charge in [-0.1, -0.05) is 13.3 Å². The van der Waals surface area contributed by atoms with Crippen molar-refractivity contribution in [2.75, 3.05) is 33.4 Å². The van der Waals surface area contributed by atoms with Gasteiger partial charge < -0.3 is 15.3 Å². The number of hydrogen-bond acceptors (Lipinski definition) is 5. The lowest BCUT2D eigenvalue weighted by Gasteiger charge is -2.30. The van der Waals surface area contributed by atoms with Gasteiger partial charge >= 0.3 is 0 Å². The van der Waals surface area contributed by atoms with E-state index in [2.05, 4.69) is 4.72 Å². The molecule has 0 aliphatic rings. The maximum absolute atomic E-state index is 11.8. The molecule has 0 rings (SSSR count). The number of nitrogens with one attached hydrogen (secondary N) is 1. The van der Waals surface area contributed by atoms with Crippen LogP contribution < -0.4 is 4.72 Å². The summed E-state index contributed by atoms with van der Waals surface area (Å²) in [5.74, 6) is 0. The second kappa shape index (κ2) is 7.24. The van der Waals surface area contributed by atoms with Crippen molar-refractivity contribution in [3.8, 4) is 0 Å². The Balaban J connectivity index is 4.72. The standard InChI is InChI=1S/C9H22N2O5S/c1-3-4-5-11(2)17(15,16)10-9(6-12,7-13)8-14/h10,12-14H,3-8H2,1-2H3. The highest BCUT2D eigenvalue weighted by Gasteiger charge is 2.34. The molecule has 4 N–H and O–H groups in total. The number of nitrogens with zero attached hydrogens (tertiary/aromatic N) is 1. The van der Waals surface area contributed by atoms with Gasteiger partial charge in [-0.3, -0.25) is 0 Å². The molecule has 17 heavy (non-hydrogen) atoms. The van der Waals surface area contributed by atoms with Gasteiger partial charge in [0.15, 0.2) is 0 Å². The SMILES string of the molecule is CCCCN(C)S(=O)(=O)NC(CO)(CO)CO. The van der Waals surface area contributed by atoms with Gasteiger partial charge in [-0.25, -0.2) is 0 Å². The first kappa shape index (κ1) is 16.8. The Kier molecular flexibility index (Phi) is 7.14. The highest BCUT2D eigenvalue weighted by molar-refractivity contribution is 7.87. The highest BCUT2D eigenvalue weighted by atomic mass is 32.2. The molecule has 0 bridgehead atoms. The molecular weight excluding hydrogens is 248 g/mol. The van der Waals surface area contributed by atoms with E-state index >= 15 is 0 Å². The summed E-state index contributed by atoms with van der Waals surface area (Å²) < 4.78 is 26.8. The van der Waals surface area contributed by atoms with Gasteiger partial charge in [-0.15, -0.1) is 0 Å². The molecule has 8 heteroatoms. The first-order valence-corrected chi connectivity index (χ1v) is 6.89. The molecule has 7 nitrogen and oxygen atoms in total. The third-order valence-corrected chi connectivity index (χ3v) is 4.18. The maximum atomic E-state index is 11.8. The number of rotatable bonds is 9. The summed E-state index contributed by atoms with van der Waals surface area (Å²) in [7, 11) is -2.43. The molecule has 0 heterocycles. The van der Waals surface area contributed by atoms with E-state index in [9.17, 15) is 8.42 Å². The van der Waals surface area contributed by atoms with Crippen molar-refractivity contribution >= 4 is 10.2 Å². The Morgan fingerprint density at radius 2 is 1.65 bits per heavy atom. The summed E-state index contributed by atoms with van der Waals surface area (Å²) in [5.41, 5.74) is -1.63. The lowest BCUT2D eigenvalue weighted by atomic mass is 10.1. The fourth-order valence-corrected chi connectivity index (χ4v) is 2.37. The lowest BCUT2D eigenvalue weighted by molar-refractivity contribution is 0.0571. The normalized spacial score (nSPS) is 13.3. The van der Waals surface area contributed by atoms with Crippen LogP contribution in [-0.4, -0.2) is 67.0 Å². The van der Waals surface area contributed by atoms with Crippen LogP contribution >= 0.6 is 0 Å². The fourth-order valence-electron chi connectivity index (χ4n) is 1.10. The van der Waals surface area contributed by atoms with Crippen molar-refractivity contribution in [3.63, 3.8) is 0 Å². The maximum Gasteiger partial charge on any atom is 0.279 e. The molecular formula is C9H22N2O5S. The summed E-state index contributed by atoms with van der Waals surface area (Å²) in [4.78, 5) is 0. The van der Waals surface area contributed by atoms with Gasteiger partial charge in [-0.2, -0.15) is 17.4 Å². The molecule has 0 amide bonds. The molecule has 0 aromatic rings. The van der Waals surface area contributed by atoms with Gasteiger partial charge in [0, 0.05) is 13.6 Å². The van der Waals surface area contributed by atoms with Gasteiger partial charge in [0.2, 0.25) is 0 Å². The molecule has 0 spiro atoms. The van der Waals surface area contributed by atoms with Gasteiger partial charge in [0.1, 0.15) is 5.54 Å². The van der Waals surface area contributed by atoms with Crippen LogP contribution in [0.4, 0.5) is 0 Å². The molecule has 104 valence electrons. The predicted octanol–water partition coefficient (Wildman–Crippen LogP) is -1.73. The quantitative estimate of drug-likeness (QED) is 0.398. The van der Waals surface area contributed by atoms with Crippen LogP contribution in [0.5, 0.6) is 0 Å². The smallest absolute Gasteiger partial charge is 0.279 e. The zero-order valence-corrected chi connectivity index (χ0v) is 11.1. The van der Waals surface area contributed by atoms with Gasteiger partial charge in [0.25, 0.3) is 10.2 Å². The Morgan fingerprint density at radius 1 is 1.18 bits per heavy atom. The van der Waals surface area contributed by atoms with Crippen molar-refractivity contribution < 1.29 is 23.7 Å². The first-order chi connectivity index (χ1) is 7.87. The van der Waals surface area contributed by atoms with Crippen molar-refractivity contribution in [2.45, 2.75) is 25.3 Å². The van der Waals surface area contributed by atoms with Crippen LogP contribution in [0.2, 0.25) is 0 Å². The summed E-state index contributed by atoms with van der Waals surface area (Å²) in [6.45, 7) is 0.236. The van der Waals surface area contributed by atoms with E-state index in [4.69, 9.17) is 15.3 Å². The molecule has 0 saturated heterocycles. The second-order valence-corrected chi connectivity index (χ2v) is 5.81. The van der Waals surface area contributed by atoms with E-state index in [1.165, 1.54) is 7.05 Å². The first-order valence-electron chi connectivity index (χ1n) is 5.45. The summed E-state index contributed by atoms with van der Waals surface area (Å²) >= 11 is 0. The molecule has 0 radical (unpaired) electrons. The van der Waals surface area contributed by atoms with E-state index in [1.807, 2.05) is 6.92 Å². The summed E-state index contributed by atoms with van der Waals surface area (Å²) in [6.07, 6.45) is 1.56. The van der Waals surface area contributed by atoms with Crippen molar-refractivity contribution in [1.82, 2.24) is 9.03 Å². The third kappa shape index (κ3) is 4.86. The highest BCUT2D eigenvalue weighted by Crippen LogP contribution is 2.07. The third-order valence-electron chi connectivity index (χ3n) is 2.49. The van der Waals surface area contributed by atoms with E-state index in [0.717, 1.165) is 10.7 Å². The minimum Gasteiger partial charge on any atom is -0.394 e. The number of unbranched alkanes of at least 4 members (excludes halogenated alkanes) is 1. The Hall–Kier alpha value is -0.250. The average Bonchev–Trinajstić information content (AvgIpc) is 2.33. The van der Waals surface area contributed by atoms with Crippen molar-refractivity contribution in [1.29, 1.82) is 0 Å². The van der Waals surface area contributed by atoms with Gasteiger partial charge in [-0.05, 0) is 6.42 Å². The van der Waals surface area contributed by atoms with Crippen LogP contribution in [0.15, 0.2) is 0 Å². The largest absolute Gasteiger partial charge is 0.394 e. The predicted molar refractivity (Wildman–Crippen MR) is 63.6 cm³/mol. The van der Waals surface area contributed by atoms with Crippen LogP contribution in [0.1, 0.15) is 19.8 Å². The van der Waals surface area contributed by atoms with Crippen LogP contribution in [0.3, 0.4) is 0 Å². The van der Waals surface area contributed by atoms with Crippen LogP contribution in [0, 0.1) is 0 Å². The lowest BCUT2D eigenvalue weighted by Crippen LogP contribution is -2.59. The minimum absolute atomic E-state index is 0.337. The molecule has 0 saturated carbocycles. The van der Waals surface area contributed by atoms with Crippen molar-refractivity contribution in [2.24, 2.45) is 0 Å². The molecule has 0 aliphatic carbocycles. The molecule has 0 aromatic heterocycles. The van der Waals surface area contributed by atoms with E-state index in [1.54, 1.807) is 0 Å². The average molecular weight is 270 g/mol. The number of aliphatic hydroxyl groups excluding tert-OH is 3. The monoisotopic (exact) mass is 270 g/mol. The zero-order valence-electron chi connectivity index (χ0n) is 10.3. The van der Waals surface area contributed by atoms with Gasteiger partial charge in [0.05, 0.1) is 19.8 Å². The molecule has 0 aromatic carbocycles. The van der Waals surface area contributed by atoms with Crippen LogP contribution in [0.25, 0.3) is 0 Å². The number of aliphatic hydroxyl groups is 3. The molecule has 0 atom stereocenters. The Labute approximate surface area is 102 Å². The van der Waals surface area contributed by atoms with Crippen molar-refractivity contribution in [3.05, 3.63) is 0 Å². The fraction of sp³-hybridized carbons (Fsp3) is 1.00. The summed E-state index contributed by atoms with van der Waals surface area (Å²) in [5, 5.41) is 27.1. The molecule has 0 aliphatic heterocycles. The Bertz CT molecular complexity index is 294. The molecule has 0 fully saturated rings.